The fourth-order valence-corrected chi connectivity index (χ4v) is 3.23. The number of rotatable bonds is 5. The normalized spacial score (nSPS) is 10.6. The number of aromatic nitrogens is 3. The lowest BCUT2D eigenvalue weighted by Gasteiger charge is -2.11. The summed E-state index contributed by atoms with van der Waals surface area (Å²) in [5.41, 5.74) is 3.19. The van der Waals surface area contributed by atoms with Gasteiger partial charge in [-0.25, -0.2) is 0 Å². The van der Waals surface area contributed by atoms with Gasteiger partial charge in [-0.2, -0.15) is 0 Å². The summed E-state index contributed by atoms with van der Waals surface area (Å²) in [4.78, 5) is 15.6. The fraction of sp³-hybridized carbons (Fsp3) is 0.111. The zero-order valence-corrected chi connectivity index (χ0v) is 16.7. The standard InChI is InChI=1S/C18H14ClIN4O2/c1-3-16(25)22-9-13-10(2)6-11(19)7-12(13)17-23-24-18(26-17)14-8-21-5-4-15(14)20/h3-8H,1,9H2,2H3,(H,22,25). The first kappa shape index (κ1) is 18.5. The lowest BCUT2D eigenvalue weighted by Crippen LogP contribution is -2.21. The summed E-state index contributed by atoms with van der Waals surface area (Å²) in [7, 11) is 0. The number of carbonyl (C=O) groups excluding carboxylic acids is 1. The molecule has 1 aromatic carbocycles. The van der Waals surface area contributed by atoms with E-state index in [1.165, 1.54) is 6.08 Å². The van der Waals surface area contributed by atoms with E-state index in [2.05, 4.69) is 49.7 Å². The van der Waals surface area contributed by atoms with Crippen molar-refractivity contribution < 1.29 is 9.21 Å². The van der Waals surface area contributed by atoms with Gasteiger partial charge < -0.3 is 9.73 Å². The van der Waals surface area contributed by atoms with Gasteiger partial charge in [0.25, 0.3) is 5.89 Å². The molecular weight excluding hydrogens is 467 g/mol. The summed E-state index contributed by atoms with van der Waals surface area (Å²) in [5, 5.41) is 11.6. The minimum absolute atomic E-state index is 0.263. The molecule has 0 saturated carbocycles. The number of nitrogens with zero attached hydrogens (tertiary/aromatic N) is 3. The average molecular weight is 481 g/mol. The van der Waals surface area contributed by atoms with Gasteiger partial charge in [0.05, 0.1) is 5.56 Å². The van der Waals surface area contributed by atoms with Crippen LogP contribution < -0.4 is 5.32 Å². The minimum Gasteiger partial charge on any atom is -0.416 e. The second kappa shape index (κ2) is 7.96. The van der Waals surface area contributed by atoms with Crippen LogP contribution in [0, 0.1) is 10.5 Å². The molecule has 2 aromatic heterocycles. The zero-order valence-electron chi connectivity index (χ0n) is 13.8. The summed E-state index contributed by atoms with van der Waals surface area (Å²) in [6, 6.07) is 5.43. The Hall–Kier alpha value is -2.26. The third-order valence-corrected chi connectivity index (χ3v) is 4.88. The Morgan fingerprint density at radius 3 is 2.77 bits per heavy atom. The smallest absolute Gasteiger partial charge is 0.250 e. The highest BCUT2D eigenvalue weighted by Crippen LogP contribution is 2.32. The van der Waals surface area contributed by atoms with E-state index in [1.54, 1.807) is 18.5 Å². The molecular formula is C18H14ClIN4O2. The van der Waals surface area contributed by atoms with Gasteiger partial charge in [0.15, 0.2) is 0 Å². The van der Waals surface area contributed by atoms with E-state index in [4.69, 9.17) is 16.0 Å². The molecule has 3 aromatic rings. The molecule has 0 atom stereocenters. The van der Waals surface area contributed by atoms with Gasteiger partial charge in [-0.05, 0) is 64.9 Å². The van der Waals surface area contributed by atoms with E-state index < -0.39 is 0 Å². The van der Waals surface area contributed by atoms with Crippen LogP contribution in [-0.4, -0.2) is 21.1 Å². The second-order valence-corrected chi connectivity index (χ2v) is 7.04. The third-order valence-electron chi connectivity index (χ3n) is 3.72. The van der Waals surface area contributed by atoms with Gasteiger partial charge >= 0.3 is 0 Å². The Kier molecular flexibility index (Phi) is 5.67. The molecule has 0 radical (unpaired) electrons. The molecule has 132 valence electrons. The molecule has 0 saturated heterocycles. The fourth-order valence-electron chi connectivity index (χ4n) is 2.42. The second-order valence-electron chi connectivity index (χ2n) is 5.44. The Labute approximate surface area is 168 Å². The van der Waals surface area contributed by atoms with Crippen LogP contribution in [0.4, 0.5) is 0 Å². The first-order chi connectivity index (χ1) is 12.5. The number of amides is 1. The maximum atomic E-state index is 11.5. The Morgan fingerprint density at radius 1 is 1.35 bits per heavy atom. The molecule has 0 unspecified atom stereocenters. The van der Waals surface area contributed by atoms with Crippen LogP contribution in [-0.2, 0) is 11.3 Å². The SMILES string of the molecule is C=CC(=O)NCc1c(C)cc(Cl)cc1-c1nnc(-c2cnccc2I)o1. The van der Waals surface area contributed by atoms with Crippen LogP contribution in [0.15, 0.2) is 47.7 Å². The molecule has 0 aliphatic rings. The monoisotopic (exact) mass is 480 g/mol. The van der Waals surface area contributed by atoms with E-state index in [0.717, 1.165) is 20.3 Å². The summed E-state index contributed by atoms with van der Waals surface area (Å²) < 4.78 is 6.81. The molecule has 1 amide bonds. The number of hydrogen-bond acceptors (Lipinski definition) is 5. The van der Waals surface area contributed by atoms with Gasteiger partial charge in [-0.3, -0.25) is 9.78 Å². The largest absolute Gasteiger partial charge is 0.416 e. The van der Waals surface area contributed by atoms with E-state index in [1.807, 2.05) is 19.1 Å². The molecule has 26 heavy (non-hydrogen) atoms. The Bertz CT molecular complexity index is 987. The first-order valence-corrected chi connectivity index (χ1v) is 9.08. The highest BCUT2D eigenvalue weighted by molar-refractivity contribution is 14.1. The van der Waals surface area contributed by atoms with Crippen molar-refractivity contribution in [2.75, 3.05) is 0 Å². The van der Waals surface area contributed by atoms with Crippen molar-refractivity contribution in [2.45, 2.75) is 13.5 Å². The Morgan fingerprint density at radius 2 is 2.08 bits per heavy atom. The number of pyridine rings is 1. The average Bonchev–Trinajstić information content (AvgIpc) is 3.10. The maximum Gasteiger partial charge on any atom is 0.250 e. The molecule has 0 aliphatic carbocycles. The molecule has 0 spiro atoms. The zero-order chi connectivity index (χ0) is 18.7. The predicted octanol–water partition coefficient (Wildman–Crippen LogP) is 4.17. The summed E-state index contributed by atoms with van der Waals surface area (Å²) >= 11 is 8.39. The molecule has 0 fully saturated rings. The van der Waals surface area contributed by atoms with Crippen molar-refractivity contribution in [3.05, 3.63) is 63.0 Å². The Balaban J connectivity index is 2.02. The number of aryl methyl sites for hydroxylation is 1. The van der Waals surface area contributed by atoms with Crippen molar-refractivity contribution in [1.82, 2.24) is 20.5 Å². The van der Waals surface area contributed by atoms with Gasteiger partial charge in [0.2, 0.25) is 11.8 Å². The predicted molar refractivity (Wildman–Crippen MR) is 107 cm³/mol. The summed E-state index contributed by atoms with van der Waals surface area (Å²) in [5.74, 6) is 0.436. The highest BCUT2D eigenvalue weighted by Gasteiger charge is 2.18. The van der Waals surface area contributed by atoms with Crippen LogP contribution in [0.5, 0.6) is 0 Å². The van der Waals surface area contributed by atoms with Crippen LogP contribution in [0.25, 0.3) is 22.9 Å². The third kappa shape index (κ3) is 3.94. The van der Waals surface area contributed by atoms with Crippen molar-refractivity contribution in [3.8, 4) is 22.9 Å². The topological polar surface area (TPSA) is 80.9 Å². The van der Waals surface area contributed by atoms with Crippen molar-refractivity contribution in [3.63, 3.8) is 0 Å². The van der Waals surface area contributed by atoms with Crippen LogP contribution in [0.3, 0.4) is 0 Å². The van der Waals surface area contributed by atoms with Crippen LogP contribution in [0.2, 0.25) is 5.02 Å². The summed E-state index contributed by atoms with van der Waals surface area (Å²) in [6.07, 6.45) is 4.59. The van der Waals surface area contributed by atoms with Gasteiger partial charge in [0.1, 0.15) is 0 Å². The maximum absolute atomic E-state index is 11.5. The molecule has 8 heteroatoms. The molecule has 0 bridgehead atoms. The highest BCUT2D eigenvalue weighted by atomic mass is 127. The van der Waals surface area contributed by atoms with E-state index in [0.29, 0.717) is 28.9 Å². The van der Waals surface area contributed by atoms with E-state index in [-0.39, 0.29) is 5.91 Å². The van der Waals surface area contributed by atoms with Crippen molar-refractivity contribution >= 4 is 40.1 Å². The van der Waals surface area contributed by atoms with Gasteiger partial charge in [-0.1, -0.05) is 18.2 Å². The summed E-state index contributed by atoms with van der Waals surface area (Å²) in [6.45, 7) is 5.66. The number of halogens is 2. The van der Waals surface area contributed by atoms with Crippen LogP contribution >= 0.6 is 34.2 Å². The van der Waals surface area contributed by atoms with Gasteiger partial charge in [-0.15, -0.1) is 10.2 Å². The van der Waals surface area contributed by atoms with Crippen molar-refractivity contribution in [1.29, 1.82) is 0 Å². The molecule has 3 rings (SSSR count). The number of nitrogens with one attached hydrogen (secondary N) is 1. The first-order valence-electron chi connectivity index (χ1n) is 7.62. The molecule has 2 heterocycles. The number of carbonyl (C=O) groups is 1. The van der Waals surface area contributed by atoms with E-state index in [9.17, 15) is 4.79 Å². The number of hydrogen-bond donors (Lipinski definition) is 1. The van der Waals surface area contributed by atoms with E-state index >= 15 is 0 Å². The minimum atomic E-state index is -0.263. The molecule has 6 nitrogen and oxygen atoms in total. The lowest BCUT2D eigenvalue weighted by molar-refractivity contribution is -0.116. The lowest BCUT2D eigenvalue weighted by atomic mass is 10.0. The van der Waals surface area contributed by atoms with Crippen molar-refractivity contribution in [2.24, 2.45) is 0 Å². The number of benzene rings is 1. The van der Waals surface area contributed by atoms with Crippen LogP contribution in [0.1, 0.15) is 11.1 Å². The molecule has 0 aliphatic heterocycles. The van der Waals surface area contributed by atoms with Gasteiger partial charge in [0, 0.05) is 33.1 Å². The molecule has 1 N–H and O–H groups in total. The quantitative estimate of drug-likeness (QED) is 0.438.